The second-order valence-corrected chi connectivity index (χ2v) is 32.6. The fraction of sp³-hybridized carbons (Fsp3) is 0.838. The van der Waals surface area contributed by atoms with E-state index in [0.29, 0.717) is 38.5 Å². The summed E-state index contributed by atoms with van der Waals surface area (Å²) in [5.74, 6) is -22.2. The van der Waals surface area contributed by atoms with E-state index in [1.807, 2.05) is 0 Å². The van der Waals surface area contributed by atoms with Gasteiger partial charge in [0.2, 0.25) is 70.9 Å². The Labute approximate surface area is 631 Å². The summed E-state index contributed by atoms with van der Waals surface area (Å²) in [5.41, 5.74) is -2.46. The van der Waals surface area contributed by atoms with Crippen LogP contribution in [0.15, 0.2) is 0 Å². The van der Waals surface area contributed by atoms with E-state index in [4.69, 9.17) is 4.74 Å². The van der Waals surface area contributed by atoms with Gasteiger partial charge in [-0.25, -0.2) is 17.6 Å². The van der Waals surface area contributed by atoms with E-state index in [2.05, 4.69) is 16.0 Å². The third-order valence-electron chi connectivity index (χ3n) is 24.4. The highest BCUT2D eigenvalue weighted by atomic mass is 19.4. The van der Waals surface area contributed by atoms with Crippen molar-refractivity contribution in [2.75, 3.05) is 94.8 Å². The van der Waals surface area contributed by atoms with E-state index in [1.165, 1.54) is 52.1 Å². The lowest BCUT2D eigenvalue weighted by Crippen LogP contribution is -2.72. The van der Waals surface area contributed by atoms with Crippen molar-refractivity contribution in [1.82, 2.24) is 60.0 Å². The fourth-order valence-electron chi connectivity index (χ4n) is 17.7. The number of nitrogens with one attached hydrogen (secondary N) is 3. The summed E-state index contributed by atoms with van der Waals surface area (Å²) in [5, 5.41) is 7.88. The largest absolute Gasteiger partial charge is 0.397 e. The van der Waals surface area contributed by atoms with Gasteiger partial charge in [-0.2, -0.15) is 26.3 Å². The Hall–Kier alpha value is -7.10. The van der Waals surface area contributed by atoms with Gasteiger partial charge >= 0.3 is 12.4 Å². The van der Waals surface area contributed by atoms with E-state index >= 15 is 46.3 Å². The van der Waals surface area contributed by atoms with Crippen LogP contribution in [0, 0.1) is 41.4 Å². The Morgan fingerprint density at radius 1 is 0.578 bits per heavy atom. The van der Waals surface area contributed by atoms with Crippen molar-refractivity contribution in [2.24, 2.45) is 41.4 Å². The first kappa shape index (κ1) is 87.5. The molecular formula is C74H112F10N12O13. The second-order valence-electron chi connectivity index (χ2n) is 32.6. The zero-order valence-corrected chi connectivity index (χ0v) is 64.3. The summed E-state index contributed by atoms with van der Waals surface area (Å²) < 4.78 is 152. The highest BCUT2D eigenvalue weighted by Crippen LogP contribution is 2.49. The van der Waals surface area contributed by atoms with Crippen molar-refractivity contribution in [3.8, 4) is 0 Å². The summed E-state index contributed by atoms with van der Waals surface area (Å²) in [6.45, 7) is 5.34. The average Bonchev–Trinajstić information content (AvgIpc) is 1.35. The number of ether oxygens (including phenoxy) is 1. The molecule has 0 aromatic heterocycles. The van der Waals surface area contributed by atoms with Crippen molar-refractivity contribution < 1.29 is 106 Å². The third-order valence-corrected chi connectivity index (χ3v) is 24.4. The molecule has 0 aromatic carbocycles. The van der Waals surface area contributed by atoms with Crippen LogP contribution in [0.5, 0.6) is 0 Å². The van der Waals surface area contributed by atoms with Gasteiger partial charge in [-0.3, -0.25) is 57.5 Å². The molecule has 109 heavy (non-hydrogen) atoms. The molecule has 1 spiro atoms. The number of rotatable bonds is 11. The van der Waals surface area contributed by atoms with Gasteiger partial charge in [-0.15, -0.1) is 0 Å². The molecule has 11 atom stereocenters. The standard InChI is InChI=1S/C74H112F10N12O13/c1-11-43(4)60-68(106)89(6)39-58(99)90(7)52-19-14-15-27-96(67(52)105)55(36-44-21-24-47(25-22-44)73(79,80)81)65(103)88(5)38-56(97)85-50(26-23-45-34-48(75)59(49(76)35-45)74(82,83)84)64(102)95-28-16-20-51(95)63(101)87-71(40-72(77,78)41-71)70(108)93(10)61(46-17-12-13-18-46)69(107)92(9)54(66(104)94-29-31-109-32-30-94)37-57(98)91(8)53(33-42(2)3)62(100)86-60/h42-55,59-61H,11-41H2,1-10H3,(H,85,97)(H,86,100)(H,87,101)/t43-,44?,45?,47?,48?,49?,50-,51-,52-,53-,54-,55-,59?,60-,61-/m0/s1. The van der Waals surface area contributed by atoms with Crippen LogP contribution in [-0.4, -0.2) is 294 Å². The van der Waals surface area contributed by atoms with E-state index in [1.54, 1.807) is 27.7 Å². The number of carbonyl (C=O) groups is 12. The predicted octanol–water partition coefficient (Wildman–Crippen LogP) is 6.19. The van der Waals surface area contributed by atoms with E-state index in [-0.39, 0.29) is 116 Å². The van der Waals surface area contributed by atoms with Crippen molar-refractivity contribution >= 4 is 70.9 Å². The van der Waals surface area contributed by atoms with Crippen LogP contribution in [0.25, 0.3) is 0 Å². The number of carbonyl (C=O) groups excluding carboxylic acids is 12. The smallest absolute Gasteiger partial charge is 0.378 e. The Morgan fingerprint density at radius 3 is 1.74 bits per heavy atom. The molecule has 4 saturated carbocycles. The molecule has 616 valence electrons. The molecule has 8 aliphatic rings. The Bertz CT molecular complexity index is 3260. The molecular weight excluding hydrogens is 1450 g/mol. The van der Waals surface area contributed by atoms with Gasteiger partial charge in [0, 0.05) is 81.3 Å². The lowest BCUT2D eigenvalue weighted by Gasteiger charge is -2.50. The minimum atomic E-state index is -5.25. The molecule has 8 fully saturated rings. The fourth-order valence-corrected chi connectivity index (χ4v) is 17.7. The van der Waals surface area contributed by atoms with Gasteiger partial charge in [-0.05, 0) is 139 Å². The van der Waals surface area contributed by atoms with Gasteiger partial charge in [0.05, 0.1) is 38.6 Å². The Morgan fingerprint density at radius 2 is 1.17 bits per heavy atom. The van der Waals surface area contributed by atoms with E-state index in [9.17, 15) is 55.1 Å². The number of hydrogen-bond donors (Lipinski definition) is 3. The number of fused-ring (bicyclic) bond motifs is 3. The number of morpholine rings is 1. The van der Waals surface area contributed by atoms with Crippen LogP contribution >= 0.6 is 0 Å². The molecule has 25 nitrogen and oxygen atoms in total. The molecule has 4 aliphatic carbocycles. The first-order valence-electron chi connectivity index (χ1n) is 38.7. The summed E-state index contributed by atoms with van der Waals surface area (Å²) in [7, 11) is 7.60. The monoisotopic (exact) mass is 1570 g/mol. The predicted molar refractivity (Wildman–Crippen MR) is 375 cm³/mol. The molecule has 8 rings (SSSR count). The van der Waals surface area contributed by atoms with Gasteiger partial charge in [-0.1, -0.05) is 47.0 Å². The molecule has 2 bridgehead atoms. The molecule has 0 aromatic rings. The van der Waals surface area contributed by atoms with Crippen LogP contribution in [0.4, 0.5) is 43.9 Å². The maximum absolute atomic E-state index is 15.7. The van der Waals surface area contributed by atoms with Crippen LogP contribution < -0.4 is 16.0 Å². The zero-order valence-electron chi connectivity index (χ0n) is 64.3. The van der Waals surface area contributed by atoms with Gasteiger partial charge in [0.1, 0.15) is 72.1 Å². The van der Waals surface area contributed by atoms with Crippen molar-refractivity contribution in [2.45, 2.75) is 260 Å². The Balaban J connectivity index is 1.19. The maximum atomic E-state index is 15.7. The molecule has 0 radical (unpaired) electrons. The number of hydrogen-bond acceptors (Lipinski definition) is 13. The molecule has 3 N–H and O–H groups in total. The van der Waals surface area contributed by atoms with Crippen molar-refractivity contribution in [3.05, 3.63) is 0 Å². The molecule has 12 amide bonds. The van der Waals surface area contributed by atoms with Gasteiger partial charge in [0.25, 0.3) is 5.92 Å². The molecule has 35 heteroatoms. The topological polar surface area (TPSA) is 279 Å². The summed E-state index contributed by atoms with van der Waals surface area (Å²) in [6.07, 6.45) is -19.3. The summed E-state index contributed by atoms with van der Waals surface area (Å²) in [6, 6.07) is -12.0. The molecule has 2 unspecified atom stereocenters. The summed E-state index contributed by atoms with van der Waals surface area (Å²) >= 11 is 0. The average molecular weight is 1570 g/mol. The van der Waals surface area contributed by atoms with Gasteiger partial charge in [0.15, 0.2) is 0 Å². The summed E-state index contributed by atoms with van der Waals surface area (Å²) in [4.78, 5) is 191. The van der Waals surface area contributed by atoms with Crippen LogP contribution in [-0.2, 0) is 62.3 Å². The minimum absolute atomic E-state index is 0.00459. The number of nitrogens with zero attached hydrogens (tertiary/aromatic N) is 9. The first-order chi connectivity index (χ1) is 51.0. The second kappa shape index (κ2) is 36.6. The minimum Gasteiger partial charge on any atom is -0.378 e. The van der Waals surface area contributed by atoms with Crippen LogP contribution in [0.2, 0.25) is 0 Å². The van der Waals surface area contributed by atoms with Gasteiger partial charge < -0.3 is 64.8 Å². The lowest BCUT2D eigenvalue weighted by molar-refractivity contribution is -0.219. The zero-order chi connectivity index (χ0) is 80.7. The maximum Gasteiger partial charge on any atom is 0.397 e. The van der Waals surface area contributed by atoms with E-state index < -0.39 is 243 Å². The Kier molecular flexibility index (Phi) is 29.4. The number of amides is 12. The molecule has 4 heterocycles. The highest BCUT2D eigenvalue weighted by molar-refractivity contribution is 6.01. The third kappa shape index (κ3) is 21.0. The van der Waals surface area contributed by atoms with Crippen molar-refractivity contribution in [3.63, 3.8) is 0 Å². The normalized spacial score (nSPS) is 32.2. The van der Waals surface area contributed by atoms with Crippen LogP contribution in [0.3, 0.4) is 0 Å². The van der Waals surface area contributed by atoms with Crippen molar-refractivity contribution in [1.29, 1.82) is 0 Å². The quantitative estimate of drug-likeness (QED) is 0.195. The molecule has 4 aliphatic heterocycles. The van der Waals surface area contributed by atoms with E-state index in [0.717, 1.165) is 34.3 Å². The number of halogens is 10. The first-order valence-corrected chi connectivity index (χ1v) is 38.7. The number of likely N-dealkylation sites (N-methyl/N-ethyl adjacent to an activating group) is 6. The molecule has 4 saturated heterocycles. The SMILES string of the molecule is CC[C@H](C)[C@@H]1NC(=O)[C@H](CC(C)C)N(C)C(=O)C[C@@H](C(=O)N2CCOCC2)N(C)C(=O)[C@H](C2CCCC2)N(C)C(=O)C2(CC(F)(F)C2)NC(=O)[C@@H]2CCCN2C(=O)[C@H](CCC2CC(F)C(C(F)(F)F)C(F)C2)NC(=O)CN(C)C(=O)[C@H](CC2CCC(C(F)(F)F)CC2)N2CCCC[C@@H](C2=O)N(C)C(=O)CN(C)C1=O. The number of alkyl halides is 10. The van der Waals surface area contributed by atoms with Crippen LogP contribution in [0.1, 0.15) is 175 Å². The lowest BCUT2D eigenvalue weighted by atomic mass is 9.71. The highest BCUT2D eigenvalue weighted by Gasteiger charge is 2.64.